The van der Waals surface area contributed by atoms with E-state index < -0.39 is 13.0 Å². The van der Waals surface area contributed by atoms with Gasteiger partial charge < -0.3 is 39.6 Å². The molecule has 0 aliphatic heterocycles. The largest absolute Gasteiger partial charge is 0.494 e. The first-order valence-electron chi connectivity index (χ1n) is 13.8. The minimum atomic E-state index is -2.58. The topological polar surface area (TPSA) is 127 Å². The van der Waals surface area contributed by atoms with Crippen LogP contribution >= 0.6 is 18.7 Å². The van der Waals surface area contributed by atoms with Crippen LogP contribution in [0.25, 0.3) is 0 Å². The Morgan fingerprint density at radius 1 is 1.09 bits per heavy atom. The number of hydrogen-bond donors (Lipinski definition) is 3. The van der Waals surface area contributed by atoms with E-state index >= 15 is 0 Å². The molecule has 0 aliphatic rings. The van der Waals surface area contributed by atoms with E-state index in [1.165, 1.54) is 19.4 Å². The van der Waals surface area contributed by atoms with Crippen molar-refractivity contribution in [1.82, 2.24) is 14.9 Å². The van der Waals surface area contributed by atoms with Gasteiger partial charge in [-0.15, -0.1) is 0 Å². The smallest absolute Gasteiger partial charge is 0.247 e. The molecule has 1 atom stereocenters. The zero-order chi connectivity index (χ0) is 31.6. The molecule has 13 heteroatoms. The first-order valence-corrected chi connectivity index (χ1v) is 16.7. The van der Waals surface area contributed by atoms with Crippen molar-refractivity contribution in [2.24, 2.45) is 0 Å². The van der Waals surface area contributed by atoms with Crippen molar-refractivity contribution in [2.75, 3.05) is 69.7 Å². The molecular formula is C30H40ClN6O5P. The Bertz CT molecular complexity index is 1460. The summed E-state index contributed by atoms with van der Waals surface area (Å²) >= 11 is 6.43. The van der Waals surface area contributed by atoms with Gasteiger partial charge in [0, 0.05) is 25.0 Å². The summed E-state index contributed by atoms with van der Waals surface area (Å²) in [6.45, 7) is 13.8. The molecule has 0 spiro atoms. The van der Waals surface area contributed by atoms with Gasteiger partial charge in [-0.25, -0.2) is 4.98 Å². The van der Waals surface area contributed by atoms with Crippen LogP contribution in [-0.4, -0.2) is 80.7 Å². The number of methoxy groups -OCH3 is 2. The van der Waals surface area contributed by atoms with E-state index in [1.54, 1.807) is 32.6 Å². The molecule has 0 fully saturated rings. The molecule has 43 heavy (non-hydrogen) atoms. The molecule has 2 aromatic carbocycles. The molecule has 0 radical (unpaired) electrons. The van der Waals surface area contributed by atoms with E-state index in [0.717, 1.165) is 13.1 Å². The van der Waals surface area contributed by atoms with E-state index in [0.29, 0.717) is 52.8 Å². The Kier molecular flexibility index (Phi) is 12.4. The van der Waals surface area contributed by atoms with Crippen molar-refractivity contribution in [3.05, 3.63) is 60.3 Å². The maximum atomic E-state index is 12.8. The minimum Gasteiger partial charge on any atom is -0.494 e. The molecule has 232 valence electrons. The lowest BCUT2D eigenvalue weighted by molar-refractivity contribution is -0.111. The average molecular weight is 631 g/mol. The number of carbonyl (C=O) groups excluding carboxylic acids is 1. The predicted molar refractivity (Wildman–Crippen MR) is 175 cm³/mol. The van der Waals surface area contributed by atoms with Gasteiger partial charge in [-0.05, 0) is 50.7 Å². The Labute approximate surface area is 258 Å². The van der Waals surface area contributed by atoms with Crippen molar-refractivity contribution < 1.29 is 23.6 Å². The Morgan fingerprint density at radius 2 is 1.81 bits per heavy atom. The van der Waals surface area contributed by atoms with Gasteiger partial charge in [-0.2, -0.15) is 4.98 Å². The average Bonchev–Trinajstić information content (AvgIpc) is 2.98. The fourth-order valence-corrected chi connectivity index (χ4v) is 5.57. The number of anilines is 5. The van der Waals surface area contributed by atoms with Crippen LogP contribution in [0.2, 0.25) is 5.02 Å². The normalized spacial score (nSPS) is 12.0. The molecule has 3 N–H and O–H groups in total. The van der Waals surface area contributed by atoms with Gasteiger partial charge in [0.25, 0.3) is 0 Å². The number of hydrogen-bond acceptors (Lipinski definition) is 10. The van der Waals surface area contributed by atoms with E-state index in [2.05, 4.69) is 51.2 Å². The maximum Gasteiger partial charge on any atom is 0.247 e. The van der Waals surface area contributed by atoms with E-state index in [9.17, 15) is 9.36 Å². The summed E-state index contributed by atoms with van der Waals surface area (Å²) < 4.78 is 30.3. The Morgan fingerprint density at radius 3 is 2.44 bits per heavy atom. The molecule has 11 nitrogen and oxygen atoms in total. The fourth-order valence-electron chi connectivity index (χ4n) is 4.28. The van der Waals surface area contributed by atoms with Gasteiger partial charge in [-0.3, -0.25) is 4.79 Å². The molecule has 3 rings (SSSR count). The number of likely N-dealkylation sites (N-methyl/N-ethyl adjacent to an activating group) is 1. The molecule has 1 aromatic heterocycles. The molecule has 0 saturated heterocycles. The van der Waals surface area contributed by atoms with Crippen molar-refractivity contribution in [3.8, 4) is 11.5 Å². The maximum absolute atomic E-state index is 12.8. The van der Waals surface area contributed by atoms with Crippen molar-refractivity contribution >= 4 is 58.8 Å². The lowest BCUT2D eigenvalue weighted by Gasteiger charge is -2.27. The van der Waals surface area contributed by atoms with Gasteiger partial charge in [0.2, 0.25) is 11.9 Å². The Hall–Kier alpha value is -3.63. The third kappa shape index (κ3) is 9.43. The van der Waals surface area contributed by atoms with Gasteiger partial charge in [0.15, 0.2) is 5.82 Å². The van der Waals surface area contributed by atoms with Crippen molar-refractivity contribution in [2.45, 2.75) is 20.0 Å². The lowest BCUT2D eigenvalue weighted by Crippen LogP contribution is -2.38. The number of amides is 1. The van der Waals surface area contributed by atoms with Crippen LogP contribution in [0.4, 0.5) is 28.8 Å². The minimum absolute atomic E-state index is 0.201. The van der Waals surface area contributed by atoms with Gasteiger partial charge >= 0.3 is 0 Å². The van der Waals surface area contributed by atoms with Crippen LogP contribution in [0, 0.1) is 0 Å². The SMILES string of the molecule is C=CC(=O)Nc1cc(Nc2ncc(Cl)c(Nc3ccccc3P(C)(C)=O)n2)c(OC)cc1OC(COC)CN(CC)CC. The highest BCUT2D eigenvalue weighted by atomic mass is 35.5. The molecule has 1 amide bonds. The number of rotatable bonds is 16. The molecule has 0 bridgehead atoms. The van der Waals surface area contributed by atoms with Gasteiger partial charge in [-0.1, -0.05) is 44.2 Å². The van der Waals surface area contributed by atoms with Crippen molar-refractivity contribution in [3.63, 3.8) is 0 Å². The summed E-state index contributed by atoms with van der Waals surface area (Å²) in [4.78, 5) is 23.4. The predicted octanol–water partition coefficient (Wildman–Crippen LogP) is 5.73. The second-order valence-corrected chi connectivity index (χ2v) is 13.5. The highest BCUT2D eigenvalue weighted by molar-refractivity contribution is 7.70. The molecular weight excluding hydrogens is 591 g/mol. The molecule has 3 aromatic rings. The highest BCUT2D eigenvalue weighted by Crippen LogP contribution is 2.40. The van der Waals surface area contributed by atoms with Crippen LogP contribution in [0.3, 0.4) is 0 Å². The molecule has 0 saturated carbocycles. The van der Waals surface area contributed by atoms with E-state index in [1.807, 2.05) is 24.3 Å². The van der Waals surface area contributed by atoms with Crippen molar-refractivity contribution in [1.29, 1.82) is 0 Å². The van der Waals surface area contributed by atoms with Crippen LogP contribution < -0.4 is 30.7 Å². The summed E-state index contributed by atoms with van der Waals surface area (Å²) in [6.07, 6.45) is 2.31. The second-order valence-electron chi connectivity index (χ2n) is 9.93. The number of para-hydroxylation sites is 1. The monoisotopic (exact) mass is 630 g/mol. The number of aromatic nitrogens is 2. The first kappa shape index (κ1) is 33.9. The second kappa shape index (κ2) is 15.7. The standard InChI is InChI=1S/C30H40ClN6O5P/c1-8-28(38)33-24-15-23(25(41-5)16-26(24)42-20(19-40-4)18-37(9-2)10-3)35-30-32-17-21(31)29(36-30)34-22-13-11-12-14-27(22)43(6,7)39/h8,11-17,20H,1,9-10,18-19H2,2-7H3,(H,33,38)(H2,32,34,35,36). The van der Waals surface area contributed by atoms with Crippen LogP contribution in [0.15, 0.2) is 55.3 Å². The third-order valence-electron chi connectivity index (χ3n) is 6.48. The summed E-state index contributed by atoms with van der Waals surface area (Å²) in [7, 11) is 0.556. The number of nitrogens with zero attached hydrogens (tertiary/aromatic N) is 3. The zero-order valence-electron chi connectivity index (χ0n) is 25.4. The van der Waals surface area contributed by atoms with Crippen LogP contribution in [0.1, 0.15) is 13.8 Å². The van der Waals surface area contributed by atoms with Gasteiger partial charge in [0.1, 0.15) is 29.8 Å². The fraction of sp³-hybridized carbons (Fsp3) is 0.367. The molecule has 0 aliphatic carbocycles. The highest BCUT2D eigenvalue weighted by Gasteiger charge is 2.21. The molecule has 1 unspecified atom stereocenters. The summed E-state index contributed by atoms with van der Waals surface area (Å²) in [6, 6.07) is 10.6. The van der Waals surface area contributed by atoms with Crippen LogP contribution in [-0.2, 0) is 14.1 Å². The number of benzene rings is 2. The first-order chi connectivity index (χ1) is 20.5. The van der Waals surface area contributed by atoms with E-state index in [4.69, 9.17) is 25.8 Å². The molecule has 1 heterocycles. The lowest BCUT2D eigenvalue weighted by atomic mass is 10.2. The summed E-state index contributed by atoms with van der Waals surface area (Å²) in [5, 5.41) is 10.1. The van der Waals surface area contributed by atoms with E-state index in [-0.39, 0.29) is 17.1 Å². The number of nitrogens with one attached hydrogen (secondary N) is 3. The summed E-state index contributed by atoms with van der Waals surface area (Å²) in [5.41, 5.74) is 1.48. The number of halogens is 1. The summed E-state index contributed by atoms with van der Waals surface area (Å²) in [5.74, 6) is 0.920. The van der Waals surface area contributed by atoms with Gasteiger partial charge in [0.05, 0.1) is 37.0 Å². The number of ether oxygens (including phenoxy) is 3. The quantitative estimate of drug-likeness (QED) is 0.133. The number of carbonyl (C=O) groups is 1. The van der Waals surface area contributed by atoms with Crippen LogP contribution in [0.5, 0.6) is 11.5 Å². The Balaban J connectivity index is 1.98. The zero-order valence-corrected chi connectivity index (χ0v) is 27.1. The third-order valence-corrected chi connectivity index (χ3v) is 8.30.